The molecule has 2 heterocycles. The van der Waals surface area contributed by atoms with E-state index in [1.165, 1.54) is 6.42 Å². The number of piperidine rings is 1. The maximum Gasteiger partial charge on any atom is 0.254 e. The number of hydrogen-bond acceptors (Lipinski definition) is 4. The van der Waals surface area contributed by atoms with Crippen molar-refractivity contribution in [1.82, 2.24) is 10.2 Å². The van der Waals surface area contributed by atoms with E-state index in [4.69, 9.17) is 9.47 Å². The Kier molecular flexibility index (Phi) is 4.01. The van der Waals surface area contributed by atoms with Crippen molar-refractivity contribution < 1.29 is 14.3 Å². The first-order valence-electron chi connectivity index (χ1n) is 7.48. The van der Waals surface area contributed by atoms with Crippen LogP contribution in [-0.4, -0.2) is 50.7 Å². The fraction of sp³-hybridized carbons (Fsp3) is 0.562. The number of carbonyl (C=O) groups is 1. The highest BCUT2D eigenvalue weighted by molar-refractivity contribution is 5.95. The first kappa shape index (κ1) is 14.2. The number of nitrogens with zero attached hydrogens (tertiary/aromatic N) is 1. The van der Waals surface area contributed by atoms with Crippen molar-refractivity contribution in [2.24, 2.45) is 5.92 Å². The summed E-state index contributed by atoms with van der Waals surface area (Å²) in [5, 5.41) is 3.40. The van der Waals surface area contributed by atoms with Crippen LogP contribution in [0.2, 0.25) is 0 Å². The molecule has 3 rings (SSSR count). The fourth-order valence-electron chi connectivity index (χ4n) is 3.46. The highest BCUT2D eigenvalue weighted by Crippen LogP contribution is 2.31. The van der Waals surface area contributed by atoms with Crippen LogP contribution in [0, 0.1) is 5.92 Å². The summed E-state index contributed by atoms with van der Waals surface area (Å²) in [5.41, 5.74) is 0.667. The van der Waals surface area contributed by atoms with Gasteiger partial charge in [0.05, 0.1) is 14.2 Å². The molecule has 0 bridgehead atoms. The minimum Gasteiger partial charge on any atom is -0.493 e. The third-order valence-electron chi connectivity index (χ3n) is 4.57. The summed E-state index contributed by atoms with van der Waals surface area (Å²) in [6.45, 7) is 2.78. The average Bonchev–Trinajstić information content (AvgIpc) is 3.02. The maximum atomic E-state index is 12.8. The summed E-state index contributed by atoms with van der Waals surface area (Å²) < 4.78 is 10.5. The van der Waals surface area contributed by atoms with Crippen LogP contribution in [0.5, 0.6) is 11.5 Å². The number of nitrogens with one attached hydrogen (secondary N) is 1. The quantitative estimate of drug-likeness (QED) is 0.917. The van der Waals surface area contributed by atoms with E-state index in [1.807, 2.05) is 11.0 Å². The number of ether oxygens (including phenoxy) is 2. The smallest absolute Gasteiger partial charge is 0.254 e. The molecule has 2 saturated heterocycles. The zero-order valence-corrected chi connectivity index (χ0v) is 12.6. The van der Waals surface area contributed by atoms with Crippen LogP contribution in [-0.2, 0) is 0 Å². The number of fused-ring (bicyclic) bond motifs is 1. The van der Waals surface area contributed by atoms with Crippen LogP contribution in [0.3, 0.4) is 0 Å². The largest absolute Gasteiger partial charge is 0.493 e. The molecule has 5 heteroatoms. The van der Waals surface area contributed by atoms with E-state index < -0.39 is 0 Å². The molecule has 2 aliphatic rings. The lowest BCUT2D eigenvalue weighted by Crippen LogP contribution is -2.48. The molecule has 0 aromatic heterocycles. The standard InChI is InChI=1S/C16H22N2O3/c1-20-14-6-5-11(8-15(14)21-2)16(19)18-7-3-4-12-9-17-10-13(12)18/h5-6,8,12-13,17H,3-4,7,9-10H2,1-2H3. The van der Waals surface area contributed by atoms with Gasteiger partial charge >= 0.3 is 0 Å². The van der Waals surface area contributed by atoms with Gasteiger partial charge in [0, 0.05) is 31.2 Å². The van der Waals surface area contributed by atoms with E-state index in [-0.39, 0.29) is 5.91 Å². The van der Waals surface area contributed by atoms with Gasteiger partial charge in [-0.25, -0.2) is 0 Å². The summed E-state index contributed by atoms with van der Waals surface area (Å²) in [6, 6.07) is 5.71. The lowest BCUT2D eigenvalue weighted by Gasteiger charge is -2.37. The Labute approximate surface area is 125 Å². The zero-order valence-electron chi connectivity index (χ0n) is 12.6. The van der Waals surface area contributed by atoms with E-state index >= 15 is 0 Å². The van der Waals surface area contributed by atoms with Crippen molar-refractivity contribution >= 4 is 5.91 Å². The van der Waals surface area contributed by atoms with Crippen LogP contribution in [0.4, 0.5) is 0 Å². The van der Waals surface area contributed by atoms with Crippen LogP contribution < -0.4 is 14.8 Å². The average molecular weight is 290 g/mol. The van der Waals surface area contributed by atoms with Crippen LogP contribution >= 0.6 is 0 Å². The number of likely N-dealkylation sites (tertiary alicyclic amines) is 1. The molecule has 1 amide bonds. The molecule has 21 heavy (non-hydrogen) atoms. The third kappa shape index (κ3) is 2.58. The highest BCUT2D eigenvalue weighted by Gasteiger charge is 2.37. The molecule has 1 aromatic carbocycles. The number of benzene rings is 1. The van der Waals surface area contributed by atoms with Gasteiger partial charge in [-0.1, -0.05) is 0 Å². The van der Waals surface area contributed by atoms with Gasteiger partial charge in [0.2, 0.25) is 0 Å². The Bertz CT molecular complexity index is 532. The molecule has 2 unspecified atom stereocenters. The van der Waals surface area contributed by atoms with E-state index in [0.717, 1.165) is 26.1 Å². The van der Waals surface area contributed by atoms with Crippen LogP contribution in [0.1, 0.15) is 23.2 Å². The molecular weight excluding hydrogens is 268 g/mol. The van der Waals surface area contributed by atoms with Crippen molar-refractivity contribution in [2.75, 3.05) is 33.9 Å². The molecule has 5 nitrogen and oxygen atoms in total. The minimum absolute atomic E-state index is 0.0920. The van der Waals surface area contributed by atoms with E-state index in [2.05, 4.69) is 5.32 Å². The van der Waals surface area contributed by atoms with Crippen molar-refractivity contribution in [3.8, 4) is 11.5 Å². The number of hydrogen-bond donors (Lipinski definition) is 1. The van der Waals surface area contributed by atoms with Crippen LogP contribution in [0.25, 0.3) is 0 Å². The second-order valence-corrected chi connectivity index (χ2v) is 5.70. The SMILES string of the molecule is COc1ccc(C(=O)N2CCCC3CNCC32)cc1OC. The highest BCUT2D eigenvalue weighted by atomic mass is 16.5. The Morgan fingerprint density at radius 1 is 1.24 bits per heavy atom. The monoisotopic (exact) mass is 290 g/mol. The van der Waals surface area contributed by atoms with Gasteiger partial charge in [0.1, 0.15) is 0 Å². The van der Waals surface area contributed by atoms with Gasteiger partial charge in [-0.15, -0.1) is 0 Å². The second-order valence-electron chi connectivity index (χ2n) is 5.70. The van der Waals surface area contributed by atoms with Crippen molar-refractivity contribution in [2.45, 2.75) is 18.9 Å². The molecule has 0 spiro atoms. The Balaban J connectivity index is 1.84. The Morgan fingerprint density at radius 2 is 2.05 bits per heavy atom. The van der Waals surface area contributed by atoms with E-state index in [1.54, 1.807) is 26.4 Å². The third-order valence-corrected chi connectivity index (χ3v) is 4.57. The maximum absolute atomic E-state index is 12.8. The van der Waals surface area contributed by atoms with Crippen molar-refractivity contribution in [3.63, 3.8) is 0 Å². The molecule has 1 aromatic rings. The molecule has 114 valence electrons. The van der Waals surface area contributed by atoms with Crippen LogP contribution in [0.15, 0.2) is 18.2 Å². The second kappa shape index (κ2) is 5.93. The van der Waals surface area contributed by atoms with Gasteiger partial charge in [0.15, 0.2) is 11.5 Å². The van der Waals surface area contributed by atoms with Gasteiger partial charge < -0.3 is 19.7 Å². The predicted octanol–water partition coefficient (Wildman–Crippen LogP) is 1.53. The summed E-state index contributed by atoms with van der Waals surface area (Å²) in [6.07, 6.45) is 2.30. The van der Waals surface area contributed by atoms with Gasteiger partial charge in [-0.3, -0.25) is 4.79 Å². The summed E-state index contributed by atoms with van der Waals surface area (Å²) >= 11 is 0. The van der Waals surface area contributed by atoms with Gasteiger partial charge in [0.25, 0.3) is 5.91 Å². The van der Waals surface area contributed by atoms with Gasteiger partial charge in [-0.05, 0) is 37.0 Å². The molecular formula is C16H22N2O3. The first-order valence-corrected chi connectivity index (χ1v) is 7.48. The summed E-state index contributed by atoms with van der Waals surface area (Å²) in [5.74, 6) is 1.94. The summed E-state index contributed by atoms with van der Waals surface area (Å²) in [4.78, 5) is 14.8. The Hall–Kier alpha value is -1.75. The van der Waals surface area contributed by atoms with Crippen molar-refractivity contribution in [1.29, 1.82) is 0 Å². The lowest BCUT2D eigenvalue weighted by molar-refractivity contribution is 0.0574. The van der Waals surface area contributed by atoms with Gasteiger partial charge in [-0.2, -0.15) is 0 Å². The molecule has 0 saturated carbocycles. The fourth-order valence-corrected chi connectivity index (χ4v) is 3.46. The molecule has 2 atom stereocenters. The molecule has 1 N–H and O–H groups in total. The Morgan fingerprint density at radius 3 is 2.81 bits per heavy atom. The number of carbonyl (C=O) groups excluding carboxylic acids is 1. The number of methoxy groups -OCH3 is 2. The molecule has 0 radical (unpaired) electrons. The number of rotatable bonds is 3. The zero-order chi connectivity index (χ0) is 14.8. The molecule has 0 aliphatic carbocycles. The summed E-state index contributed by atoms with van der Waals surface area (Å²) in [7, 11) is 3.18. The van der Waals surface area contributed by atoms with Crippen molar-refractivity contribution in [3.05, 3.63) is 23.8 Å². The first-order chi connectivity index (χ1) is 10.2. The topological polar surface area (TPSA) is 50.8 Å². The van der Waals surface area contributed by atoms with E-state index in [9.17, 15) is 4.79 Å². The molecule has 2 aliphatic heterocycles. The predicted molar refractivity (Wildman–Crippen MR) is 80.0 cm³/mol. The lowest BCUT2D eigenvalue weighted by atomic mass is 9.91. The van der Waals surface area contributed by atoms with E-state index in [0.29, 0.717) is 29.0 Å². The normalized spacial score (nSPS) is 24.6. The molecule has 2 fully saturated rings. The minimum atomic E-state index is 0.0920. The number of amides is 1.